The van der Waals surface area contributed by atoms with Crippen LogP contribution in [-0.4, -0.2) is 27.9 Å². The van der Waals surface area contributed by atoms with Gasteiger partial charge in [0.05, 0.1) is 30.1 Å². The lowest BCUT2D eigenvalue weighted by molar-refractivity contribution is 0.251. The van der Waals surface area contributed by atoms with Crippen LogP contribution in [0.5, 0.6) is 5.75 Å². The number of amides is 2. The molecule has 0 aliphatic rings. The fourth-order valence-corrected chi connectivity index (χ4v) is 4.71. The average molecular weight is 528 g/mol. The van der Waals surface area contributed by atoms with Crippen LogP contribution in [0.3, 0.4) is 0 Å². The van der Waals surface area contributed by atoms with Gasteiger partial charge in [-0.25, -0.2) is 4.79 Å². The van der Waals surface area contributed by atoms with Gasteiger partial charge >= 0.3 is 6.03 Å². The Balaban J connectivity index is 1.56. The molecule has 0 radical (unpaired) electrons. The summed E-state index contributed by atoms with van der Waals surface area (Å²) in [7, 11) is 1.55. The monoisotopic (exact) mass is 527 g/mol. The number of benzene rings is 3. The second-order valence-corrected chi connectivity index (χ2v) is 9.40. The molecule has 0 aliphatic carbocycles. The summed E-state index contributed by atoms with van der Waals surface area (Å²) >= 11 is 14.3. The zero-order valence-corrected chi connectivity index (χ0v) is 21.4. The Kier molecular flexibility index (Phi) is 8.17. The van der Waals surface area contributed by atoms with Gasteiger partial charge in [0.15, 0.2) is 11.0 Å². The molecule has 1 heterocycles. The molecule has 0 spiro atoms. The normalized spacial score (nSPS) is 10.7. The molecule has 0 atom stereocenters. The minimum atomic E-state index is -0.407. The first-order valence-corrected chi connectivity index (χ1v) is 12.4. The fourth-order valence-electron chi connectivity index (χ4n) is 3.43. The molecule has 10 heteroatoms. The number of rotatable bonds is 8. The van der Waals surface area contributed by atoms with E-state index in [9.17, 15) is 4.79 Å². The number of carbonyl (C=O) groups is 1. The standard InChI is InChI=1S/C25H23Cl2N5O2S/c1-16-6-5-7-17(12-16)15-35-25-31-30-23(32(25)21-13-18(26)10-11-19(21)27)14-28-24(33)29-20-8-3-4-9-22(20)34-2/h3-13H,14-15H2,1-2H3,(H2,28,29,33). The minimum Gasteiger partial charge on any atom is -0.495 e. The fraction of sp³-hybridized carbons (Fsp3) is 0.160. The number of carbonyl (C=O) groups excluding carboxylic acids is 1. The van der Waals surface area contributed by atoms with Crippen molar-refractivity contribution in [2.24, 2.45) is 0 Å². The Bertz CT molecular complexity index is 1350. The molecule has 0 fully saturated rings. The summed E-state index contributed by atoms with van der Waals surface area (Å²) in [5.41, 5.74) is 3.55. The molecule has 4 aromatic rings. The summed E-state index contributed by atoms with van der Waals surface area (Å²) < 4.78 is 7.10. The van der Waals surface area contributed by atoms with Gasteiger partial charge in [-0.2, -0.15) is 0 Å². The molecule has 0 saturated heterocycles. The number of nitrogens with zero attached hydrogens (tertiary/aromatic N) is 3. The van der Waals surface area contributed by atoms with E-state index in [-0.39, 0.29) is 6.54 Å². The van der Waals surface area contributed by atoms with Gasteiger partial charge in [0.2, 0.25) is 0 Å². The summed E-state index contributed by atoms with van der Waals surface area (Å²) in [4.78, 5) is 12.6. The van der Waals surface area contributed by atoms with Crippen LogP contribution >= 0.6 is 35.0 Å². The van der Waals surface area contributed by atoms with Crippen molar-refractivity contribution in [3.63, 3.8) is 0 Å². The number of aromatic nitrogens is 3. The maximum absolute atomic E-state index is 12.6. The van der Waals surface area contributed by atoms with Gasteiger partial charge in [-0.05, 0) is 42.8 Å². The summed E-state index contributed by atoms with van der Waals surface area (Å²) in [5, 5.41) is 16.0. The van der Waals surface area contributed by atoms with E-state index in [1.807, 2.05) is 22.8 Å². The Labute approximate surface area is 217 Å². The molecule has 180 valence electrons. The molecule has 0 unspecified atom stereocenters. The number of halogens is 2. The molecule has 0 saturated carbocycles. The van der Waals surface area contributed by atoms with Crippen molar-refractivity contribution in [1.82, 2.24) is 20.1 Å². The topological polar surface area (TPSA) is 81.1 Å². The van der Waals surface area contributed by atoms with Crippen molar-refractivity contribution in [3.05, 3.63) is 93.7 Å². The number of nitrogens with one attached hydrogen (secondary N) is 2. The number of ether oxygens (including phenoxy) is 1. The Hall–Kier alpha value is -3.20. The minimum absolute atomic E-state index is 0.113. The number of urea groups is 1. The average Bonchev–Trinajstić information content (AvgIpc) is 3.26. The number of para-hydroxylation sites is 2. The molecule has 35 heavy (non-hydrogen) atoms. The summed E-state index contributed by atoms with van der Waals surface area (Å²) in [6.45, 7) is 2.17. The molecule has 0 bridgehead atoms. The second-order valence-electron chi connectivity index (χ2n) is 7.62. The number of hydrogen-bond donors (Lipinski definition) is 2. The predicted octanol–water partition coefficient (Wildman–Crippen LogP) is 6.51. The molecule has 2 N–H and O–H groups in total. The first kappa shape index (κ1) is 24.9. The highest BCUT2D eigenvalue weighted by Gasteiger charge is 2.18. The van der Waals surface area contributed by atoms with Crippen molar-refractivity contribution in [3.8, 4) is 11.4 Å². The zero-order valence-electron chi connectivity index (χ0n) is 19.1. The number of methoxy groups -OCH3 is 1. The van der Waals surface area contributed by atoms with Crippen molar-refractivity contribution in [1.29, 1.82) is 0 Å². The SMILES string of the molecule is COc1ccccc1NC(=O)NCc1nnc(SCc2cccc(C)c2)n1-c1cc(Cl)ccc1Cl. The van der Waals surface area contributed by atoms with Crippen LogP contribution < -0.4 is 15.4 Å². The number of hydrogen-bond acceptors (Lipinski definition) is 5. The zero-order chi connectivity index (χ0) is 24.8. The third kappa shape index (κ3) is 6.28. The van der Waals surface area contributed by atoms with E-state index in [1.165, 1.54) is 17.3 Å². The van der Waals surface area contributed by atoms with Gasteiger partial charge in [0.25, 0.3) is 0 Å². The molecule has 4 rings (SSSR count). The van der Waals surface area contributed by atoms with Crippen LogP contribution in [0, 0.1) is 6.92 Å². The maximum atomic E-state index is 12.6. The Morgan fingerprint density at radius 2 is 1.89 bits per heavy atom. The van der Waals surface area contributed by atoms with E-state index in [4.69, 9.17) is 27.9 Å². The van der Waals surface area contributed by atoms with E-state index in [0.29, 0.717) is 43.9 Å². The maximum Gasteiger partial charge on any atom is 0.319 e. The highest BCUT2D eigenvalue weighted by molar-refractivity contribution is 7.98. The summed E-state index contributed by atoms with van der Waals surface area (Å²) in [5.74, 6) is 1.77. The Morgan fingerprint density at radius 3 is 2.69 bits per heavy atom. The lowest BCUT2D eigenvalue weighted by atomic mass is 10.2. The van der Waals surface area contributed by atoms with Crippen LogP contribution in [-0.2, 0) is 12.3 Å². The van der Waals surface area contributed by atoms with Crippen LogP contribution in [0.15, 0.2) is 71.9 Å². The van der Waals surface area contributed by atoms with Gasteiger partial charge < -0.3 is 15.4 Å². The van der Waals surface area contributed by atoms with Crippen molar-refractivity contribution < 1.29 is 9.53 Å². The van der Waals surface area contributed by atoms with Crippen LogP contribution in [0.25, 0.3) is 5.69 Å². The molecular weight excluding hydrogens is 505 g/mol. The van der Waals surface area contributed by atoms with Gasteiger partial charge in [0.1, 0.15) is 5.75 Å². The quantitative estimate of drug-likeness (QED) is 0.255. The number of aryl methyl sites for hydroxylation is 1. The van der Waals surface area contributed by atoms with Gasteiger partial charge in [0, 0.05) is 10.8 Å². The smallest absolute Gasteiger partial charge is 0.319 e. The molecule has 1 aromatic heterocycles. The molecular formula is C25H23Cl2N5O2S. The first-order chi connectivity index (χ1) is 16.9. The molecule has 3 aromatic carbocycles. The number of anilines is 1. The third-order valence-corrected chi connectivity index (χ3v) is 6.62. The Morgan fingerprint density at radius 1 is 1.06 bits per heavy atom. The van der Waals surface area contributed by atoms with Crippen LogP contribution in [0.4, 0.5) is 10.5 Å². The van der Waals surface area contributed by atoms with Gasteiger partial charge in [-0.1, -0.05) is 76.9 Å². The highest BCUT2D eigenvalue weighted by Crippen LogP contribution is 2.31. The lowest BCUT2D eigenvalue weighted by Crippen LogP contribution is -2.29. The predicted molar refractivity (Wildman–Crippen MR) is 141 cm³/mol. The van der Waals surface area contributed by atoms with Gasteiger partial charge in [-0.3, -0.25) is 4.57 Å². The van der Waals surface area contributed by atoms with Gasteiger partial charge in [-0.15, -0.1) is 10.2 Å². The van der Waals surface area contributed by atoms with E-state index < -0.39 is 6.03 Å². The second kappa shape index (κ2) is 11.5. The van der Waals surface area contributed by atoms with Crippen LogP contribution in [0.1, 0.15) is 17.0 Å². The van der Waals surface area contributed by atoms with Crippen molar-refractivity contribution >= 4 is 46.7 Å². The van der Waals surface area contributed by atoms with Crippen molar-refractivity contribution in [2.45, 2.75) is 24.4 Å². The van der Waals surface area contributed by atoms with E-state index in [1.54, 1.807) is 37.4 Å². The summed E-state index contributed by atoms with van der Waals surface area (Å²) in [6.07, 6.45) is 0. The van der Waals surface area contributed by atoms with E-state index in [0.717, 1.165) is 5.56 Å². The molecule has 2 amide bonds. The van der Waals surface area contributed by atoms with Crippen molar-refractivity contribution in [2.75, 3.05) is 12.4 Å². The first-order valence-electron chi connectivity index (χ1n) is 10.7. The summed E-state index contributed by atoms with van der Waals surface area (Å²) in [6, 6.07) is 20.2. The largest absolute Gasteiger partial charge is 0.495 e. The lowest BCUT2D eigenvalue weighted by Gasteiger charge is -2.14. The third-order valence-electron chi connectivity index (χ3n) is 5.06. The van der Waals surface area contributed by atoms with E-state index >= 15 is 0 Å². The molecule has 0 aliphatic heterocycles. The number of thioether (sulfide) groups is 1. The van der Waals surface area contributed by atoms with E-state index in [2.05, 4.69) is 46.0 Å². The molecule has 7 nitrogen and oxygen atoms in total. The van der Waals surface area contributed by atoms with Crippen LogP contribution in [0.2, 0.25) is 10.0 Å². The highest BCUT2D eigenvalue weighted by atomic mass is 35.5.